The Hall–Kier alpha value is -0.650. The van der Waals surface area contributed by atoms with Crippen molar-refractivity contribution in [2.45, 2.75) is 6.92 Å². The van der Waals surface area contributed by atoms with E-state index in [1.165, 1.54) is 0 Å². The van der Waals surface area contributed by atoms with Crippen LogP contribution < -0.4 is 0 Å². The molecule has 0 aromatic heterocycles. The summed E-state index contributed by atoms with van der Waals surface area (Å²) in [5.41, 5.74) is 0. The summed E-state index contributed by atoms with van der Waals surface area (Å²) in [6.45, 7) is 0.991. The zero-order valence-electron chi connectivity index (χ0n) is 4.63. The number of hydrogen-bond acceptors (Lipinski definition) is 4. The quantitative estimate of drug-likeness (QED) is 0.410. The van der Waals surface area contributed by atoms with Crippen molar-refractivity contribution in [2.24, 2.45) is 0 Å². The molecular formula is C3H5FO4S. The summed E-state index contributed by atoms with van der Waals surface area (Å²) in [6, 6.07) is 0. The van der Waals surface area contributed by atoms with Crippen molar-refractivity contribution in [3.05, 3.63) is 0 Å². The highest BCUT2D eigenvalue weighted by Gasteiger charge is 2.07. The van der Waals surface area contributed by atoms with Gasteiger partial charge in [-0.25, -0.2) is 0 Å². The predicted molar refractivity (Wildman–Crippen MR) is 26.7 cm³/mol. The molecule has 0 heterocycles. The average Bonchev–Trinajstić information content (AvgIpc) is 1.59. The lowest BCUT2D eigenvalue weighted by molar-refractivity contribution is -0.139. The summed E-state index contributed by atoms with van der Waals surface area (Å²) in [5, 5.41) is 0. The van der Waals surface area contributed by atoms with Gasteiger partial charge in [-0.15, -0.1) is 3.89 Å². The van der Waals surface area contributed by atoms with E-state index in [1.54, 1.807) is 0 Å². The van der Waals surface area contributed by atoms with Crippen LogP contribution in [-0.4, -0.2) is 20.3 Å². The smallest absolute Gasteiger partial charge is 0.338 e. The van der Waals surface area contributed by atoms with Crippen LogP contribution in [0.15, 0.2) is 0 Å². The van der Waals surface area contributed by atoms with Gasteiger partial charge >= 0.3 is 16.2 Å². The van der Waals surface area contributed by atoms with E-state index < -0.39 is 22.1 Å². The first kappa shape index (κ1) is 8.35. The Morgan fingerprint density at radius 3 is 2.22 bits per heavy atom. The number of hydrogen-bond donors (Lipinski definition) is 0. The van der Waals surface area contributed by atoms with Crippen LogP contribution in [0.5, 0.6) is 0 Å². The molecule has 6 heteroatoms. The van der Waals surface area contributed by atoms with Crippen molar-refractivity contribution in [2.75, 3.05) is 5.94 Å². The Morgan fingerprint density at radius 1 is 1.67 bits per heavy atom. The number of halogens is 1. The Balaban J connectivity index is 3.67. The fraction of sp³-hybridized carbons (Fsp3) is 0.667. The Bertz CT molecular complexity index is 194. The molecule has 0 amide bonds. The number of ether oxygens (including phenoxy) is 1. The summed E-state index contributed by atoms with van der Waals surface area (Å²) < 4.78 is 34.4. The van der Waals surface area contributed by atoms with Crippen LogP contribution in [0.1, 0.15) is 6.92 Å². The van der Waals surface area contributed by atoms with E-state index in [2.05, 4.69) is 4.74 Å². The van der Waals surface area contributed by atoms with Crippen molar-refractivity contribution < 1.29 is 21.8 Å². The zero-order chi connectivity index (χ0) is 7.49. The maximum Gasteiger partial charge on any atom is 0.338 e. The molecule has 0 aromatic rings. The van der Waals surface area contributed by atoms with E-state index in [9.17, 15) is 17.1 Å². The van der Waals surface area contributed by atoms with Gasteiger partial charge in [0, 0.05) is 6.92 Å². The second-order valence-electron chi connectivity index (χ2n) is 1.29. The van der Waals surface area contributed by atoms with E-state index in [4.69, 9.17) is 0 Å². The third-order valence-corrected chi connectivity index (χ3v) is 0.802. The highest BCUT2D eigenvalue weighted by atomic mass is 32.3. The fourth-order valence-corrected chi connectivity index (χ4v) is 0.460. The molecule has 0 aliphatic heterocycles. The first-order valence-electron chi connectivity index (χ1n) is 1.97. The van der Waals surface area contributed by atoms with E-state index in [1.807, 2.05) is 0 Å². The Morgan fingerprint density at radius 2 is 2.11 bits per heavy atom. The summed E-state index contributed by atoms with van der Waals surface area (Å²) in [6.07, 6.45) is 0. The SMILES string of the molecule is CC(=O)OCS(=O)(=O)F. The third-order valence-electron chi connectivity index (χ3n) is 0.403. The largest absolute Gasteiger partial charge is 0.447 e. The monoisotopic (exact) mass is 156 g/mol. The molecule has 0 aliphatic rings. The molecule has 0 aromatic carbocycles. The van der Waals surface area contributed by atoms with Gasteiger partial charge in [-0.3, -0.25) is 4.79 Å². The molecule has 0 N–H and O–H groups in total. The Labute approximate surface area is 51.8 Å². The molecule has 0 aliphatic carbocycles. The molecule has 0 rings (SSSR count). The van der Waals surface area contributed by atoms with Crippen LogP contribution in [0.3, 0.4) is 0 Å². The van der Waals surface area contributed by atoms with Gasteiger partial charge in [-0.2, -0.15) is 8.42 Å². The topological polar surface area (TPSA) is 60.4 Å². The highest BCUT2D eigenvalue weighted by molar-refractivity contribution is 7.86. The first-order chi connectivity index (χ1) is 3.92. The molecule has 0 bridgehead atoms. The minimum atomic E-state index is -4.66. The van der Waals surface area contributed by atoms with Gasteiger partial charge in [0.15, 0.2) is 0 Å². The molecule has 0 saturated heterocycles. The predicted octanol–water partition coefficient (Wildman–Crippen LogP) is -0.194. The van der Waals surface area contributed by atoms with Crippen LogP contribution in [0, 0.1) is 0 Å². The molecule has 4 nitrogen and oxygen atoms in total. The summed E-state index contributed by atoms with van der Waals surface area (Å²) >= 11 is 0. The minimum Gasteiger partial charge on any atom is -0.447 e. The fourth-order valence-electron chi connectivity index (χ4n) is 0.153. The number of carbonyl (C=O) groups excluding carboxylic acids is 1. The zero-order valence-corrected chi connectivity index (χ0v) is 5.44. The second kappa shape index (κ2) is 2.77. The lowest BCUT2D eigenvalue weighted by Gasteiger charge is -1.93. The van der Waals surface area contributed by atoms with Crippen molar-refractivity contribution >= 4 is 16.2 Å². The molecule has 0 unspecified atom stereocenters. The van der Waals surface area contributed by atoms with E-state index >= 15 is 0 Å². The summed E-state index contributed by atoms with van der Waals surface area (Å²) in [7, 11) is -4.66. The lowest BCUT2D eigenvalue weighted by atomic mass is 10.8. The van der Waals surface area contributed by atoms with Crippen molar-refractivity contribution in [1.82, 2.24) is 0 Å². The summed E-state index contributed by atoms with van der Waals surface area (Å²) in [5.74, 6) is -2.02. The number of esters is 1. The first-order valence-corrected chi connectivity index (χ1v) is 3.53. The van der Waals surface area contributed by atoms with Crippen LogP contribution in [0.4, 0.5) is 3.89 Å². The van der Waals surface area contributed by atoms with Gasteiger partial charge in [-0.05, 0) is 0 Å². The maximum absolute atomic E-state index is 11.4. The van der Waals surface area contributed by atoms with Gasteiger partial charge in [0.25, 0.3) is 0 Å². The molecule has 0 saturated carbocycles. The van der Waals surface area contributed by atoms with Crippen molar-refractivity contribution in [3.63, 3.8) is 0 Å². The molecule has 0 radical (unpaired) electrons. The third kappa shape index (κ3) is 7.35. The molecule has 0 fully saturated rings. The van der Waals surface area contributed by atoms with E-state index in [-0.39, 0.29) is 0 Å². The van der Waals surface area contributed by atoms with Crippen LogP contribution in [0.2, 0.25) is 0 Å². The summed E-state index contributed by atoms with van der Waals surface area (Å²) in [4.78, 5) is 9.84. The second-order valence-corrected chi connectivity index (χ2v) is 2.61. The van der Waals surface area contributed by atoms with E-state index in [0.717, 1.165) is 6.92 Å². The maximum atomic E-state index is 11.4. The number of rotatable bonds is 2. The van der Waals surface area contributed by atoms with Gasteiger partial charge in [0.05, 0.1) is 0 Å². The molecular weight excluding hydrogens is 151 g/mol. The van der Waals surface area contributed by atoms with Crippen LogP contribution in [0.25, 0.3) is 0 Å². The molecule has 0 spiro atoms. The van der Waals surface area contributed by atoms with E-state index in [0.29, 0.717) is 0 Å². The number of carbonyl (C=O) groups is 1. The standard InChI is InChI=1S/C3H5FO4S/c1-3(5)8-2-9(4,6)7/h2H2,1H3. The average molecular weight is 156 g/mol. The van der Waals surface area contributed by atoms with Gasteiger partial charge < -0.3 is 4.74 Å². The Kier molecular flexibility index (Phi) is 2.57. The van der Waals surface area contributed by atoms with Gasteiger partial charge in [-0.1, -0.05) is 0 Å². The van der Waals surface area contributed by atoms with Crippen molar-refractivity contribution in [1.29, 1.82) is 0 Å². The van der Waals surface area contributed by atoms with Gasteiger partial charge in [0.1, 0.15) is 0 Å². The normalized spacial score (nSPS) is 10.9. The highest BCUT2D eigenvalue weighted by Crippen LogP contribution is 1.90. The molecule has 54 valence electrons. The molecule has 0 atom stereocenters. The van der Waals surface area contributed by atoms with Crippen LogP contribution in [-0.2, 0) is 19.8 Å². The minimum absolute atomic E-state index is 0.823. The van der Waals surface area contributed by atoms with Crippen molar-refractivity contribution in [3.8, 4) is 0 Å². The molecule has 9 heavy (non-hydrogen) atoms. The lowest BCUT2D eigenvalue weighted by Crippen LogP contribution is -2.06. The van der Waals surface area contributed by atoms with Gasteiger partial charge in [0.2, 0.25) is 5.94 Å². The van der Waals surface area contributed by atoms with Crippen LogP contribution >= 0.6 is 0 Å².